The number of aliphatic imine (C=N–C) groups is 2. The van der Waals surface area contributed by atoms with Gasteiger partial charge in [-0.2, -0.15) is 4.31 Å². The molecular weight excluding hydrogens is 432 g/mol. The molecule has 0 saturated heterocycles. The lowest BCUT2D eigenvalue weighted by Crippen LogP contribution is -2.55. The molecular formula is C13H23N5O9P2. The second-order valence-corrected chi connectivity index (χ2v) is 10.2. The molecule has 0 spiro atoms. The van der Waals surface area contributed by atoms with E-state index in [1.165, 1.54) is 6.34 Å². The number of nitrogens with two attached hydrogens (primary N) is 1. The zero-order valence-corrected chi connectivity index (χ0v) is 17.4. The number of carbonyl (C=O) groups excluding carboxylic acids is 1. The van der Waals surface area contributed by atoms with Crippen molar-refractivity contribution in [3.8, 4) is 0 Å². The molecule has 0 bridgehead atoms. The van der Waals surface area contributed by atoms with Gasteiger partial charge in [-0.25, -0.2) is 14.1 Å². The van der Waals surface area contributed by atoms with Crippen molar-refractivity contribution in [2.75, 3.05) is 20.8 Å². The molecule has 164 valence electrons. The first-order chi connectivity index (χ1) is 13.6. The molecule has 14 nitrogen and oxygen atoms in total. The minimum Gasteiger partial charge on any atom is -0.393 e. The van der Waals surface area contributed by atoms with Gasteiger partial charge >= 0.3 is 15.6 Å². The highest BCUT2D eigenvalue weighted by Crippen LogP contribution is 2.63. The maximum Gasteiger partial charge on any atom is 0.483 e. The topological polar surface area (TPSA) is 195 Å². The molecule has 2 aliphatic heterocycles. The van der Waals surface area contributed by atoms with Crippen LogP contribution in [-0.4, -0.2) is 78.3 Å². The first kappa shape index (κ1) is 22.3. The molecule has 0 aromatic rings. The number of fused-ring (bicyclic) bond motifs is 1. The monoisotopic (exact) mass is 455 g/mol. The second kappa shape index (κ2) is 8.40. The van der Waals surface area contributed by atoms with Gasteiger partial charge in [0, 0.05) is 26.2 Å². The number of nitrogens with zero attached hydrogens (tertiary/aromatic N) is 3. The van der Waals surface area contributed by atoms with Crippen LogP contribution in [0.25, 0.3) is 0 Å². The van der Waals surface area contributed by atoms with Crippen LogP contribution in [0.15, 0.2) is 9.98 Å². The number of carbonyl (C=O) groups is 1. The summed E-state index contributed by atoms with van der Waals surface area (Å²) in [4.78, 5) is 31.4. The second-order valence-electron chi connectivity index (χ2n) is 6.68. The van der Waals surface area contributed by atoms with E-state index >= 15 is 0 Å². The van der Waals surface area contributed by atoms with Crippen LogP contribution < -0.4 is 11.1 Å². The van der Waals surface area contributed by atoms with Gasteiger partial charge < -0.3 is 20.6 Å². The fraction of sp³-hybridized carbons (Fsp3) is 0.769. The normalized spacial score (nSPS) is 35.6. The van der Waals surface area contributed by atoms with Crippen LogP contribution in [0, 0.1) is 5.92 Å². The Bertz CT molecular complexity index is 808. The predicted octanol–water partition coefficient (Wildman–Crippen LogP) is -0.856. The molecule has 7 unspecified atom stereocenters. The average molecular weight is 455 g/mol. The van der Waals surface area contributed by atoms with E-state index in [1.54, 1.807) is 4.90 Å². The fourth-order valence-corrected chi connectivity index (χ4v) is 5.65. The molecule has 29 heavy (non-hydrogen) atoms. The van der Waals surface area contributed by atoms with E-state index in [1.807, 2.05) is 0 Å². The number of guanidine groups is 1. The smallest absolute Gasteiger partial charge is 0.393 e. The molecule has 16 heteroatoms. The van der Waals surface area contributed by atoms with Crippen molar-refractivity contribution in [3.05, 3.63) is 0 Å². The number of hydrogen-bond acceptors (Lipinski definition) is 12. The number of aliphatic hydroxyl groups excluding tert-OH is 1. The number of rotatable bonds is 8. The lowest BCUT2D eigenvalue weighted by Gasteiger charge is -2.32. The van der Waals surface area contributed by atoms with Crippen LogP contribution in [0.3, 0.4) is 0 Å². The Balaban J connectivity index is 1.62. The Kier molecular flexibility index (Phi) is 6.47. The Morgan fingerprint density at radius 2 is 2.07 bits per heavy atom. The van der Waals surface area contributed by atoms with Crippen molar-refractivity contribution < 1.29 is 41.8 Å². The van der Waals surface area contributed by atoms with E-state index in [0.29, 0.717) is 12.8 Å². The third-order valence-electron chi connectivity index (χ3n) is 4.90. The third-order valence-corrected chi connectivity index (χ3v) is 7.90. The maximum absolute atomic E-state index is 12.3. The minimum atomic E-state index is -4.61. The van der Waals surface area contributed by atoms with Crippen molar-refractivity contribution in [3.63, 3.8) is 0 Å². The van der Waals surface area contributed by atoms with Gasteiger partial charge in [-0.05, 0) is 12.8 Å². The first-order valence-electron chi connectivity index (χ1n) is 8.60. The van der Waals surface area contributed by atoms with E-state index in [0.717, 1.165) is 14.2 Å². The molecule has 1 amide bonds. The average Bonchev–Trinajstić information content (AvgIpc) is 3.23. The summed E-state index contributed by atoms with van der Waals surface area (Å²) in [7, 11) is -7.11. The molecule has 3 aliphatic rings. The van der Waals surface area contributed by atoms with E-state index in [4.69, 9.17) is 10.3 Å². The van der Waals surface area contributed by atoms with Crippen LogP contribution >= 0.6 is 15.6 Å². The number of hydrogen-bond donors (Lipinski definition) is 4. The predicted molar refractivity (Wildman–Crippen MR) is 98.7 cm³/mol. The summed E-state index contributed by atoms with van der Waals surface area (Å²) >= 11 is 0. The SMILES string of the molecule is COP(=O)(O)OP(=O)(OC)OCC1CC(N2C=NC3C(=O)NC(N)=NC32)CC1O. The highest BCUT2D eigenvalue weighted by Gasteiger charge is 2.46. The van der Waals surface area contributed by atoms with Gasteiger partial charge in [0.15, 0.2) is 18.2 Å². The Morgan fingerprint density at radius 3 is 2.72 bits per heavy atom. The molecule has 7 atom stereocenters. The van der Waals surface area contributed by atoms with Crippen LogP contribution in [0.2, 0.25) is 0 Å². The van der Waals surface area contributed by atoms with E-state index in [-0.39, 0.29) is 24.5 Å². The van der Waals surface area contributed by atoms with Gasteiger partial charge in [-0.3, -0.25) is 28.7 Å². The Labute approximate surface area is 166 Å². The van der Waals surface area contributed by atoms with E-state index < -0.39 is 39.9 Å². The van der Waals surface area contributed by atoms with Gasteiger partial charge in [-0.1, -0.05) is 0 Å². The quantitative estimate of drug-likeness (QED) is 0.333. The van der Waals surface area contributed by atoms with Crippen molar-refractivity contribution in [2.45, 2.75) is 37.2 Å². The lowest BCUT2D eigenvalue weighted by molar-refractivity contribution is -0.122. The number of nitrogens with one attached hydrogen (secondary N) is 1. The molecule has 5 N–H and O–H groups in total. The number of amides is 1. The van der Waals surface area contributed by atoms with E-state index in [2.05, 4.69) is 28.7 Å². The molecule has 3 rings (SSSR count). The van der Waals surface area contributed by atoms with Crippen LogP contribution in [0.1, 0.15) is 12.8 Å². The summed E-state index contributed by atoms with van der Waals surface area (Å²) in [6.45, 7) is -0.266. The van der Waals surface area contributed by atoms with Crippen molar-refractivity contribution >= 4 is 33.9 Å². The highest BCUT2D eigenvalue weighted by atomic mass is 31.3. The first-order valence-corrected chi connectivity index (χ1v) is 11.6. The van der Waals surface area contributed by atoms with Gasteiger partial charge in [-0.15, -0.1) is 0 Å². The summed E-state index contributed by atoms with van der Waals surface area (Å²) in [6, 6.07) is -0.949. The standard InChI is InChI=1S/C13H23N5O9P2/c1-24-28(21,22)27-29(23,25-2)26-5-7-3-8(4-9(7)19)18-6-15-10-11(18)16-13(14)17-12(10)20/h6-11,19H,3-5H2,1-2H3,(H,21,22)(H3,14,16,17,20). The molecule has 1 fully saturated rings. The van der Waals surface area contributed by atoms with Gasteiger partial charge in [0.1, 0.15) is 0 Å². The molecule has 1 aliphatic carbocycles. The van der Waals surface area contributed by atoms with Crippen LogP contribution in [0.4, 0.5) is 0 Å². The minimum absolute atomic E-state index is 0.00469. The fourth-order valence-electron chi connectivity index (χ4n) is 3.44. The zero-order chi connectivity index (χ0) is 21.4. The van der Waals surface area contributed by atoms with Crippen molar-refractivity contribution in [1.82, 2.24) is 10.2 Å². The third kappa shape index (κ3) is 4.86. The van der Waals surface area contributed by atoms with Crippen LogP contribution in [-0.2, 0) is 31.8 Å². The summed E-state index contributed by atoms with van der Waals surface area (Å²) in [5.41, 5.74) is 5.62. The summed E-state index contributed by atoms with van der Waals surface area (Å²) in [5.74, 6) is -0.849. The maximum atomic E-state index is 12.3. The van der Waals surface area contributed by atoms with Crippen molar-refractivity contribution in [2.24, 2.45) is 21.6 Å². The Morgan fingerprint density at radius 1 is 1.34 bits per heavy atom. The molecule has 1 saturated carbocycles. The number of phosphoric ester groups is 2. The lowest BCUT2D eigenvalue weighted by atomic mass is 10.1. The molecule has 2 heterocycles. The summed E-state index contributed by atoms with van der Waals surface area (Å²) in [6.07, 6.45) is 0.769. The number of aliphatic hydroxyl groups is 1. The molecule has 0 aromatic carbocycles. The zero-order valence-electron chi connectivity index (χ0n) is 15.7. The highest BCUT2D eigenvalue weighted by molar-refractivity contribution is 7.61. The largest absolute Gasteiger partial charge is 0.483 e. The summed E-state index contributed by atoms with van der Waals surface area (Å²) < 4.78 is 42.2. The summed E-state index contributed by atoms with van der Waals surface area (Å²) in [5, 5.41) is 12.8. The molecule has 0 radical (unpaired) electrons. The van der Waals surface area contributed by atoms with Crippen molar-refractivity contribution in [1.29, 1.82) is 0 Å². The van der Waals surface area contributed by atoms with Gasteiger partial charge in [0.25, 0.3) is 5.91 Å². The van der Waals surface area contributed by atoms with E-state index in [9.17, 15) is 23.9 Å². The molecule has 0 aromatic heterocycles. The van der Waals surface area contributed by atoms with Crippen LogP contribution in [0.5, 0.6) is 0 Å². The number of phosphoric acid groups is 2. The Hall–Kier alpha value is -1.37. The van der Waals surface area contributed by atoms with Gasteiger partial charge in [0.2, 0.25) is 0 Å². The van der Waals surface area contributed by atoms with Gasteiger partial charge in [0.05, 0.1) is 19.0 Å².